The van der Waals surface area contributed by atoms with Crippen LogP contribution >= 0.6 is 0 Å². The van der Waals surface area contributed by atoms with E-state index in [1.54, 1.807) is 0 Å². The minimum atomic E-state index is 1.17. The lowest BCUT2D eigenvalue weighted by molar-refractivity contribution is 0.664. The van der Waals surface area contributed by atoms with Crippen molar-refractivity contribution in [3.8, 4) is 0 Å². The number of fused-ring (bicyclic) bond motifs is 3. The lowest BCUT2D eigenvalue weighted by Gasteiger charge is -2.13. The topological polar surface area (TPSA) is 15.3 Å². The smallest absolute Gasteiger partial charge is 0.0717 e. The van der Waals surface area contributed by atoms with Crippen LogP contribution in [0.25, 0.3) is 5.70 Å². The minimum Gasteiger partial charge on any atom is -0.294 e. The molecule has 0 aromatic heterocycles. The second-order valence-electron chi connectivity index (χ2n) is 3.31. The van der Waals surface area contributed by atoms with Gasteiger partial charge in [-0.3, -0.25) is 10.4 Å². The predicted molar refractivity (Wildman–Crippen MR) is 58.2 cm³/mol. The van der Waals surface area contributed by atoms with Crippen LogP contribution in [0.5, 0.6) is 0 Å². The molecule has 1 N–H and O–H groups in total. The van der Waals surface area contributed by atoms with Crippen molar-refractivity contribution in [2.24, 2.45) is 0 Å². The first kappa shape index (κ1) is 7.44. The summed E-state index contributed by atoms with van der Waals surface area (Å²) >= 11 is 0. The number of hydrogen-bond acceptors (Lipinski definition) is 2. The van der Waals surface area contributed by atoms with Crippen molar-refractivity contribution in [1.82, 2.24) is 5.01 Å². The van der Waals surface area contributed by atoms with E-state index >= 15 is 0 Å². The van der Waals surface area contributed by atoms with Crippen LogP contribution in [0.1, 0.15) is 5.56 Å². The van der Waals surface area contributed by atoms with E-state index in [0.29, 0.717) is 0 Å². The number of nitrogens with one attached hydrogen (secondary N) is 1. The molecule has 0 radical (unpaired) electrons. The normalized spacial score (nSPS) is 16.9. The monoisotopic (exact) mass is 182 g/mol. The molecular weight excluding hydrogens is 172 g/mol. The van der Waals surface area contributed by atoms with Crippen LogP contribution in [0.3, 0.4) is 0 Å². The lowest BCUT2D eigenvalue weighted by atomic mass is 10.1. The summed E-state index contributed by atoms with van der Waals surface area (Å²) in [6.45, 7) is 0. The van der Waals surface area contributed by atoms with E-state index in [1.807, 2.05) is 29.4 Å². The van der Waals surface area contributed by atoms with Gasteiger partial charge in [-0.15, -0.1) is 0 Å². The maximum Gasteiger partial charge on any atom is 0.0717 e. The highest BCUT2D eigenvalue weighted by atomic mass is 15.5. The fourth-order valence-corrected chi connectivity index (χ4v) is 1.76. The van der Waals surface area contributed by atoms with E-state index in [1.165, 1.54) is 16.9 Å². The van der Waals surface area contributed by atoms with Gasteiger partial charge < -0.3 is 0 Å². The molecule has 68 valence electrons. The summed E-state index contributed by atoms with van der Waals surface area (Å²) in [6.07, 6.45) is 10.2. The molecule has 3 rings (SSSR count). The number of anilines is 1. The molecule has 0 fully saturated rings. The first-order valence-corrected chi connectivity index (χ1v) is 4.65. The highest BCUT2D eigenvalue weighted by Gasteiger charge is 2.20. The summed E-state index contributed by atoms with van der Waals surface area (Å²) in [5, 5.41) is 2.03. The van der Waals surface area contributed by atoms with Gasteiger partial charge in [0.1, 0.15) is 0 Å². The quantitative estimate of drug-likeness (QED) is 0.663. The Labute approximate surface area is 82.8 Å². The van der Waals surface area contributed by atoms with Gasteiger partial charge in [-0.05, 0) is 18.2 Å². The van der Waals surface area contributed by atoms with Gasteiger partial charge in [0.05, 0.1) is 11.4 Å². The molecule has 0 atom stereocenters. The van der Waals surface area contributed by atoms with Crippen LogP contribution in [-0.2, 0) is 0 Å². The zero-order valence-electron chi connectivity index (χ0n) is 7.64. The Kier molecular flexibility index (Phi) is 1.47. The molecule has 0 aliphatic carbocycles. The number of allylic oxidation sites excluding steroid dienone is 4. The van der Waals surface area contributed by atoms with Crippen LogP contribution in [0.2, 0.25) is 0 Å². The molecule has 2 heteroatoms. The molecule has 2 aliphatic heterocycles. The van der Waals surface area contributed by atoms with E-state index < -0.39 is 0 Å². The highest BCUT2D eigenvalue weighted by molar-refractivity contribution is 5.82. The minimum absolute atomic E-state index is 1.17. The van der Waals surface area contributed by atoms with Crippen LogP contribution in [-0.4, -0.2) is 5.01 Å². The maximum atomic E-state index is 3.31. The fourth-order valence-electron chi connectivity index (χ4n) is 1.76. The SMILES string of the molecule is C1=CC=C2c3ccccc3NN2C=C1. The molecule has 2 heterocycles. The Morgan fingerprint density at radius 2 is 1.93 bits per heavy atom. The molecule has 0 saturated heterocycles. The van der Waals surface area contributed by atoms with Crippen molar-refractivity contribution in [3.63, 3.8) is 0 Å². The van der Waals surface area contributed by atoms with Gasteiger partial charge >= 0.3 is 0 Å². The molecule has 1 aromatic rings. The molecule has 0 bridgehead atoms. The van der Waals surface area contributed by atoms with Crippen LogP contribution < -0.4 is 5.43 Å². The summed E-state index contributed by atoms with van der Waals surface area (Å²) in [7, 11) is 0. The van der Waals surface area contributed by atoms with Crippen molar-refractivity contribution in [2.45, 2.75) is 0 Å². The molecule has 0 amide bonds. The molecule has 2 aliphatic rings. The number of benzene rings is 1. The Balaban J connectivity index is 2.18. The van der Waals surface area contributed by atoms with E-state index in [0.717, 1.165) is 0 Å². The molecule has 2 nitrogen and oxygen atoms in total. The van der Waals surface area contributed by atoms with Gasteiger partial charge in [0.25, 0.3) is 0 Å². The molecular formula is C12H10N2. The van der Waals surface area contributed by atoms with Crippen molar-refractivity contribution < 1.29 is 0 Å². The third kappa shape index (κ3) is 0.973. The second-order valence-corrected chi connectivity index (χ2v) is 3.31. The van der Waals surface area contributed by atoms with Crippen LogP contribution in [0.15, 0.2) is 54.8 Å². The largest absolute Gasteiger partial charge is 0.294 e. The predicted octanol–water partition coefficient (Wildman–Crippen LogP) is 2.75. The lowest BCUT2D eigenvalue weighted by Crippen LogP contribution is -2.14. The number of hydrogen-bond donors (Lipinski definition) is 1. The van der Waals surface area contributed by atoms with Crippen LogP contribution in [0, 0.1) is 0 Å². The zero-order chi connectivity index (χ0) is 9.38. The maximum absolute atomic E-state index is 3.31. The number of rotatable bonds is 0. The summed E-state index contributed by atoms with van der Waals surface area (Å²) in [5.41, 5.74) is 6.93. The van der Waals surface area contributed by atoms with Gasteiger partial charge in [-0.2, -0.15) is 0 Å². The summed E-state index contributed by atoms with van der Waals surface area (Å²) in [5.74, 6) is 0. The van der Waals surface area contributed by atoms with Gasteiger partial charge in [0.15, 0.2) is 0 Å². The average Bonchev–Trinajstić information content (AvgIpc) is 2.42. The van der Waals surface area contributed by atoms with E-state index in [4.69, 9.17) is 0 Å². The second kappa shape index (κ2) is 2.77. The highest BCUT2D eigenvalue weighted by Crippen LogP contribution is 2.34. The van der Waals surface area contributed by atoms with Crippen molar-refractivity contribution in [3.05, 3.63) is 60.3 Å². The van der Waals surface area contributed by atoms with E-state index in [9.17, 15) is 0 Å². The number of hydrazine groups is 1. The molecule has 0 unspecified atom stereocenters. The van der Waals surface area contributed by atoms with E-state index in [2.05, 4.69) is 35.8 Å². The number of nitrogens with zero attached hydrogens (tertiary/aromatic N) is 1. The number of para-hydroxylation sites is 1. The summed E-state index contributed by atoms with van der Waals surface area (Å²) < 4.78 is 0. The molecule has 0 spiro atoms. The van der Waals surface area contributed by atoms with Gasteiger partial charge in [-0.25, -0.2) is 0 Å². The Bertz CT molecular complexity index is 455. The third-order valence-electron chi connectivity index (χ3n) is 2.41. The Morgan fingerprint density at radius 3 is 2.93 bits per heavy atom. The fraction of sp³-hybridized carbons (Fsp3) is 0. The zero-order valence-corrected chi connectivity index (χ0v) is 7.64. The van der Waals surface area contributed by atoms with Gasteiger partial charge in [0, 0.05) is 11.8 Å². The van der Waals surface area contributed by atoms with Crippen molar-refractivity contribution in [2.75, 3.05) is 5.43 Å². The summed E-state index contributed by atoms with van der Waals surface area (Å²) in [4.78, 5) is 0. The summed E-state index contributed by atoms with van der Waals surface area (Å²) in [6, 6.07) is 8.31. The first-order chi connectivity index (χ1) is 6.95. The molecule has 14 heavy (non-hydrogen) atoms. The van der Waals surface area contributed by atoms with Crippen LogP contribution in [0.4, 0.5) is 5.69 Å². The Morgan fingerprint density at radius 1 is 1.00 bits per heavy atom. The first-order valence-electron chi connectivity index (χ1n) is 4.65. The van der Waals surface area contributed by atoms with E-state index in [-0.39, 0.29) is 0 Å². The Hall–Kier alpha value is -1.96. The standard InChI is InChI=1S/C12H10N2/c1-2-8-12-10-6-3-4-7-11(10)13-14(12)9-5-1/h1-9,13H. The van der Waals surface area contributed by atoms with Crippen molar-refractivity contribution in [1.29, 1.82) is 0 Å². The molecule has 1 aromatic carbocycles. The van der Waals surface area contributed by atoms with Gasteiger partial charge in [0.2, 0.25) is 0 Å². The molecule has 0 saturated carbocycles. The third-order valence-corrected chi connectivity index (χ3v) is 2.41. The average molecular weight is 182 g/mol. The van der Waals surface area contributed by atoms with Crippen molar-refractivity contribution >= 4 is 11.4 Å². The van der Waals surface area contributed by atoms with Gasteiger partial charge in [-0.1, -0.05) is 30.4 Å².